The molecule has 1 heterocycles. The molecular weight excluding hydrogens is 190 g/mol. The SMILES string of the molecule is [CH2]Cc1sc(-c2ccccc2)nc1C. The molecule has 0 amide bonds. The van der Waals surface area contributed by atoms with Crippen molar-refractivity contribution >= 4 is 11.3 Å². The van der Waals surface area contributed by atoms with E-state index in [9.17, 15) is 0 Å². The average molecular weight is 202 g/mol. The smallest absolute Gasteiger partial charge is 0.123 e. The van der Waals surface area contributed by atoms with E-state index >= 15 is 0 Å². The Morgan fingerprint density at radius 1 is 1.29 bits per heavy atom. The molecule has 2 rings (SSSR count). The Morgan fingerprint density at radius 2 is 2.00 bits per heavy atom. The largest absolute Gasteiger partial charge is 0.241 e. The molecule has 1 nitrogen and oxygen atoms in total. The third-order valence-electron chi connectivity index (χ3n) is 2.14. The lowest BCUT2D eigenvalue weighted by atomic mass is 10.2. The van der Waals surface area contributed by atoms with Gasteiger partial charge in [-0.2, -0.15) is 0 Å². The van der Waals surface area contributed by atoms with Crippen LogP contribution >= 0.6 is 11.3 Å². The van der Waals surface area contributed by atoms with E-state index in [0.29, 0.717) is 0 Å². The third-order valence-corrected chi connectivity index (χ3v) is 3.41. The summed E-state index contributed by atoms with van der Waals surface area (Å²) in [6.45, 7) is 5.94. The van der Waals surface area contributed by atoms with Gasteiger partial charge in [-0.1, -0.05) is 30.3 Å². The van der Waals surface area contributed by atoms with Gasteiger partial charge in [0.05, 0.1) is 5.69 Å². The van der Waals surface area contributed by atoms with Gasteiger partial charge in [-0.3, -0.25) is 0 Å². The summed E-state index contributed by atoms with van der Waals surface area (Å²) in [6.07, 6.45) is 0.830. The van der Waals surface area contributed by atoms with E-state index in [-0.39, 0.29) is 0 Å². The molecule has 14 heavy (non-hydrogen) atoms. The van der Waals surface area contributed by atoms with Gasteiger partial charge in [-0.25, -0.2) is 4.98 Å². The molecule has 0 spiro atoms. The van der Waals surface area contributed by atoms with Crippen molar-refractivity contribution in [2.24, 2.45) is 0 Å². The molecule has 0 aliphatic heterocycles. The fourth-order valence-corrected chi connectivity index (χ4v) is 2.33. The zero-order chi connectivity index (χ0) is 9.97. The Labute approximate surface area is 88.4 Å². The molecule has 0 saturated carbocycles. The summed E-state index contributed by atoms with van der Waals surface area (Å²) in [7, 11) is 0. The topological polar surface area (TPSA) is 12.9 Å². The number of hydrogen-bond donors (Lipinski definition) is 0. The Balaban J connectivity index is 2.43. The van der Waals surface area contributed by atoms with Crippen molar-refractivity contribution in [3.05, 3.63) is 47.8 Å². The normalized spacial score (nSPS) is 10.4. The highest BCUT2D eigenvalue weighted by molar-refractivity contribution is 7.15. The third kappa shape index (κ3) is 1.70. The van der Waals surface area contributed by atoms with Crippen molar-refractivity contribution in [3.8, 4) is 10.6 Å². The number of aromatic nitrogens is 1. The van der Waals surface area contributed by atoms with Gasteiger partial charge in [0, 0.05) is 10.4 Å². The summed E-state index contributed by atoms with van der Waals surface area (Å²) < 4.78 is 0. The first kappa shape index (κ1) is 9.41. The first-order chi connectivity index (χ1) is 6.81. The van der Waals surface area contributed by atoms with Crippen LogP contribution in [0.25, 0.3) is 10.6 Å². The average Bonchev–Trinajstić information content (AvgIpc) is 2.61. The Kier molecular flexibility index (Phi) is 2.64. The predicted octanol–water partition coefficient (Wildman–Crippen LogP) is 3.50. The van der Waals surface area contributed by atoms with Gasteiger partial charge in [0.2, 0.25) is 0 Å². The van der Waals surface area contributed by atoms with Crippen LogP contribution in [0, 0.1) is 13.8 Å². The highest BCUT2D eigenvalue weighted by atomic mass is 32.1. The predicted molar refractivity (Wildman–Crippen MR) is 61.3 cm³/mol. The van der Waals surface area contributed by atoms with Gasteiger partial charge in [-0.15, -0.1) is 11.3 Å². The van der Waals surface area contributed by atoms with Crippen LogP contribution < -0.4 is 0 Å². The maximum Gasteiger partial charge on any atom is 0.123 e. The van der Waals surface area contributed by atoms with Crippen LogP contribution in [0.4, 0.5) is 0 Å². The van der Waals surface area contributed by atoms with Crippen molar-refractivity contribution in [1.82, 2.24) is 4.98 Å². The molecule has 0 atom stereocenters. The van der Waals surface area contributed by atoms with Gasteiger partial charge in [0.15, 0.2) is 0 Å². The van der Waals surface area contributed by atoms with Crippen molar-refractivity contribution < 1.29 is 0 Å². The van der Waals surface area contributed by atoms with Crippen LogP contribution in [0.5, 0.6) is 0 Å². The van der Waals surface area contributed by atoms with Crippen molar-refractivity contribution in [2.45, 2.75) is 13.3 Å². The molecule has 2 heteroatoms. The second-order valence-electron chi connectivity index (χ2n) is 3.14. The van der Waals surface area contributed by atoms with Gasteiger partial charge in [0.1, 0.15) is 5.01 Å². The molecule has 0 aliphatic carbocycles. The van der Waals surface area contributed by atoms with Crippen molar-refractivity contribution in [1.29, 1.82) is 0 Å². The second-order valence-corrected chi connectivity index (χ2v) is 4.23. The highest BCUT2D eigenvalue weighted by Gasteiger charge is 2.06. The summed E-state index contributed by atoms with van der Waals surface area (Å²) in [6, 6.07) is 10.3. The van der Waals surface area contributed by atoms with Crippen LogP contribution in [-0.2, 0) is 6.42 Å². The zero-order valence-corrected chi connectivity index (χ0v) is 8.97. The number of benzene rings is 1. The van der Waals surface area contributed by atoms with Gasteiger partial charge < -0.3 is 0 Å². The van der Waals surface area contributed by atoms with E-state index in [1.165, 1.54) is 10.4 Å². The summed E-state index contributed by atoms with van der Waals surface area (Å²) in [5.74, 6) is 0. The first-order valence-corrected chi connectivity index (χ1v) is 5.44. The number of rotatable bonds is 2. The molecule has 71 valence electrons. The van der Waals surface area contributed by atoms with Crippen LogP contribution in [0.15, 0.2) is 30.3 Å². The van der Waals surface area contributed by atoms with E-state index in [2.05, 4.69) is 24.0 Å². The van der Waals surface area contributed by atoms with Crippen LogP contribution in [0.1, 0.15) is 10.6 Å². The van der Waals surface area contributed by atoms with E-state index in [4.69, 9.17) is 0 Å². The summed E-state index contributed by atoms with van der Waals surface area (Å²) >= 11 is 1.74. The molecule has 0 fully saturated rings. The van der Waals surface area contributed by atoms with Gasteiger partial charge >= 0.3 is 0 Å². The molecule has 1 aromatic heterocycles. The van der Waals surface area contributed by atoms with Gasteiger partial charge in [-0.05, 0) is 20.3 Å². The summed E-state index contributed by atoms with van der Waals surface area (Å²) in [5, 5.41) is 1.10. The number of thiazole rings is 1. The maximum atomic E-state index is 4.53. The van der Waals surface area contributed by atoms with Crippen LogP contribution in [0.2, 0.25) is 0 Å². The van der Waals surface area contributed by atoms with E-state index in [1.54, 1.807) is 11.3 Å². The Bertz CT molecular complexity index is 417. The lowest BCUT2D eigenvalue weighted by Crippen LogP contribution is -1.78. The molecule has 0 aliphatic rings. The lowest BCUT2D eigenvalue weighted by molar-refractivity contribution is 1.18. The highest BCUT2D eigenvalue weighted by Crippen LogP contribution is 2.27. The first-order valence-electron chi connectivity index (χ1n) is 4.62. The number of aryl methyl sites for hydroxylation is 1. The summed E-state index contributed by atoms with van der Waals surface area (Å²) in [5.41, 5.74) is 2.31. The summed E-state index contributed by atoms with van der Waals surface area (Å²) in [4.78, 5) is 5.81. The number of nitrogens with zero attached hydrogens (tertiary/aromatic N) is 1. The second kappa shape index (κ2) is 3.93. The van der Waals surface area contributed by atoms with Crippen LogP contribution in [-0.4, -0.2) is 4.98 Å². The van der Waals surface area contributed by atoms with Gasteiger partial charge in [0.25, 0.3) is 0 Å². The van der Waals surface area contributed by atoms with Crippen molar-refractivity contribution in [2.75, 3.05) is 0 Å². The fraction of sp³-hybridized carbons (Fsp3) is 0.167. The monoisotopic (exact) mass is 202 g/mol. The molecule has 1 radical (unpaired) electrons. The van der Waals surface area contributed by atoms with E-state index in [1.807, 2.05) is 25.1 Å². The molecule has 0 bridgehead atoms. The molecule has 0 unspecified atom stereocenters. The molecular formula is C12H12NS. The fourth-order valence-electron chi connectivity index (χ4n) is 1.36. The molecule has 1 aromatic carbocycles. The minimum absolute atomic E-state index is 0.830. The molecule has 2 aromatic rings. The number of hydrogen-bond acceptors (Lipinski definition) is 2. The zero-order valence-electron chi connectivity index (χ0n) is 8.16. The van der Waals surface area contributed by atoms with Crippen molar-refractivity contribution in [3.63, 3.8) is 0 Å². The quantitative estimate of drug-likeness (QED) is 0.726. The standard InChI is InChI=1S/C12H12NS/c1-3-11-9(2)13-12(14-11)10-7-5-4-6-8-10/h4-8H,1,3H2,2H3. The lowest BCUT2D eigenvalue weighted by Gasteiger charge is -1.92. The molecule has 0 N–H and O–H groups in total. The van der Waals surface area contributed by atoms with E-state index < -0.39 is 0 Å². The molecule has 0 saturated heterocycles. The Hall–Kier alpha value is -1.15. The van der Waals surface area contributed by atoms with E-state index in [0.717, 1.165) is 17.1 Å². The maximum absolute atomic E-state index is 4.53. The minimum atomic E-state index is 0.830. The minimum Gasteiger partial charge on any atom is -0.241 e. The Morgan fingerprint density at radius 3 is 2.57 bits per heavy atom. The van der Waals surface area contributed by atoms with Crippen LogP contribution in [0.3, 0.4) is 0 Å².